The Balaban J connectivity index is 1.81. The highest BCUT2D eigenvalue weighted by molar-refractivity contribution is 7.98. The molecule has 0 heterocycles. The van der Waals surface area contributed by atoms with Crippen molar-refractivity contribution in [2.75, 3.05) is 11.5 Å². The Bertz CT molecular complexity index is 585. The fourth-order valence-corrected chi connectivity index (χ4v) is 4.36. The molecule has 1 fully saturated rings. The molecule has 6 heteroatoms. The third-order valence-corrected chi connectivity index (χ3v) is 6.60. The average Bonchev–Trinajstić information content (AvgIpc) is 2.67. The van der Waals surface area contributed by atoms with Crippen LogP contribution in [-0.2, 0) is 15.3 Å². The van der Waals surface area contributed by atoms with Gasteiger partial charge in [0.05, 0.1) is 0 Å². The lowest BCUT2D eigenvalue weighted by Gasteiger charge is -2.22. The molecule has 0 unspecified atom stereocenters. The van der Waals surface area contributed by atoms with Crippen molar-refractivity contribution in [1.29, 1.82) is 0 Å². The second kappa shape index (κ2) is 10.9. The summed E-state index contributed by atoms with van der Waals surface area (Å²) in [6.07, 6.45) is 6.60. The largest absolute Gasteiger partial charge is 0.480 e. The van der Waals surface area contributed by atoms with Crippen LogP contribution in [0.25, 0.3) is 0 Å². The molecule has 144 valence electrons. The van der Waals surface area contributed by atoms with E-state index in [0.717, 1.165) is 5.75 Å². The molecule has 0 aliphatic heterocycles. The lowest BCUT2D eigenvalue weighted by Crippen LogP contribution is -2.45. The molecule has 26 heavy (non-hydrogen) atoms. The zero-order chi connectivity index (χ0) is 18.9. The van der Waals surface area contributed by atoms with Gasteiger partial charge in [0.25, 0.3) is 0 Å². The van der Waals surface area contributed by atoms with Crippen LogP contribution in [0.15, 0.2) is 24.3 Å². The third kappa shape index (κ3) is 6.54. The number of thiol groups is 1. The second-order valence-electron chi connectivity index (χ2n) is 7.07. The molecule has 1 aliphatic rings. The van der Waals surface area contributed by atoms with Crippen LogP contribution < -0.4 is 5.32 Å². The predicted octanol–water partition coefficient (Wildman–Crippen LogP) is 4.10. The summed E-state index contributed by atoms with van der Waals surface area (Å²) >= 11 is 5.61. The average molecular weight is 396 g/mol. The SMILES string of the molecule is C[C@H](CS)C(=O)N[C@@H](CSCc1ccc(C2CCCCC2)cc1)C(=O)O. The number of hydrogen-bond acceptors (Lipinski definition) is 4. The monoisotopic (exact) mass is 395 g/mol. The van der Waals surface area contributed by atoms with E-state index in [1.54, 1.807) is 6.92 Å². The Morgan fingerprint density at radius 3 is 2.46 bits per heavy atom. The van der Waals surface area contributed by atoms with Gasteiger partial charge < -0.3 is 10.4 Å². The van der Waals surface area contributed by atoms with Crippen LogP contribution in [0.5, 0.6) is 0 Å². The van der Waals surface area contributed by atoms with E-state index in [1.165, 1.54) is 55.0 Å². The zero-order valence-electron chi connectivity index (χ0n) is 15.3. The molecule has 4 nitrogen and oxygen atoms in total. The lowest BCUT2D eigenvalue weighted by atomic mass is 9.84. The summed E-state index contributed by atoms with van der Waals surface area (Å²) in [7, 11) is 0. The van der Waals surface area contributed by atoms with Gasteiger partial charge in [-0.25, -0.2) is 4.79 Å². The first kappa shape index (κ1) is 21.2. The number of carboxylic acid groups (broad SMARTS) is 1. The molecule has 2 atom stereocenters. The quantitative estimate of drug-likeness (QED) is 0.551. The molecular formula is C20H29NO3S2. The van der Waals surface area contributed by atoms with Crippen LogP contribution >= 0.6 is 24.4 Å². The predicted molar refractivity (Wildman–Crippen MR) is 111 cm³/mol. The highest BCUT2D eigenvalue weighted by atomic mass is 32.2. The number of hydrogen-bond donors (Lipinski definition) is 3. The van der Waals surface area contributed by atoms with E-state index in [1.807, 2.05) is 0 Å². The van der Waals surface area contributed by atoms with E-state index in [4.69, 9.17) is 0 Å². The molecule has 0 radical (unpaired) electrons. The van der Waals surface area contributed by atoms with Gasteiger partial charge in [0.2, 0.25) is 5.91 Å². The van der Waals surface area contributed by atoms with E-state index in [-0.39, 0.29) is 11.8 Å². The number of carboxylic acids is 1. The van der Waals surface area contributed by atoms with E-state index in [0.29, 0.717) is 17.4 Å². The molecule has 1 saturated carbocycles. The van der Waals surface area contributed by atoms with Crippen molar-refractivity contribution >= 4 is 36.3 Å². The van der Waals surface area contributed by atoms with Crippen molar-refractivity contribution in [3.8, 4) is 0 Å². The molecule has 0 aromatic heterocycles. The van der Waals surface area contributed by atoms with Crippen molar-refractivity contribution in [2.24, 2.45) is 5.92 Å². The van der Waals surface area contributed by atoms with Crippen LogP contribution in [0.1, 0.15) is 56.1 Å². The number of carbonyl (C=O) groups excluding carboxylic acids is 1. The van der Waals surface area contributed by atoms with Crippen molar-refractivity contribution < 1.29 is 14.7 Å². The van der Waals surface area contributed by atoms with Gasteiger partial charge in [-0.3, -0.25) is 4.79 Å². The molecule has 2 N–H and O–H groups in total. The fraction of sp³-hybridized carbons (Fsp3) is 0.600. The summed E-state index contributed by atoms with van der Waals surface area (Å²) in [5.74, 6) is 0.647. The minimum absolute atomic E-state index is 0.259. The summed E-state index contributed by atoms with van der Waals surface area (Å²) in [6.45, 7) is 1.74. The first-order valence-corrected chi connectivity index (χ1v) is 11.1. The standard InChI is InChI=1S/C20H29NO3S2/c1-14(11-25)19(22)21-18(20(23)24)13-26-12-15-7-9-17(10-8-15)16-5-3-2-4-6-16/h7-10,14,16,18,25H,2-6,11-13H2,1H3,(H,21,22)(H,23,24)/t14-,18+/m1/s1. The molecule has 2 rings (SSSR count). The fourth-order valence-electron chi connectivity index (χ4n) is 3.19. The van der Waals surface area contributed by atoms with E-state index in [9.17, 15) is 14.7 Å². The highest BCUT2D eigenvalue weighted by Gasteiger charge is 2.22. The third-order valence-electron chi connectivity index (χ3n) is 4.95. The Morgan fingerprint density at radius 1 is 1.23 bits per heavy atom. The minimum Gasteiger partial charge on any atom is -0.480 e. The first-order valence-electron chi connectivity index (χ1n) is 9.32. The molecule has 1 amide bonds. The minimum atomic E-state index is -0.995. The van der Waals surface area contributed by atoms with E-state index < -0.39 is 12.0 Å². The summed E-state index contributed by atoms with van der Waals surface area (Å²) in [6, 6.07) is 7.87. The van der Waals surface area contributed by atoms with Gasteiger partial charge in [-0.2, -0.15) is 24.4 Å². The lowest BCUT2D eigenvalue weighted by molar-refractivity contribution is -0.141. The van der Waals surface area contributed by atoms with E-state index >= 15 is 0 Å². The Labute approximate surface area is 165 Å². The van der Waals surface area contributed by atoms with Crippen molar-refractivity contribution in [2.45, 2.75) is 56.7 Å². The summed E-state index contributed by atoms with van der Waals surface area (Å²) in [5, 5.41) is 11.9. The molecule has 0 saturated heterocycles. The van der Waals surface area contributed by atoms with Crippen LogP contribution in [0.3, 0.4) is 0 Å². The summed E-state index contributed by atoms with van der Waals surface area (Å²) in [5.41, 5.74) is 2.61. The Hall–Kier alpha value is -1.14. The topological polar surface area (TPSA) is 66.4 Å². The first-order chi connectivity index (χ1) is 12.5. The number of rotatable bonds is 9. The van der Waals surface area contributed by atoms with Crippen LogP contribution in [0.4, 0.5) is 0 Å². The number of thioether (sulfide) groups is 1. The summed E-state index contributed by atoms with van der Waals surface area (Å²) < 4.78 is 0. The molecule has 0 bridgehead atoms. The van der Waals surface area contributed by atoms with E-state index in [2.05, 4.69) is 42.2 Å². The number of benzene rings is 1. The van der Waals surface area contributed by atoms with Gasteiger partial charge in [0.15, 0.2) is 0 Å². The maximum absolute atomic E-state index is 11.9. The maximum atomic E-state index is 11.9. The molecule has 0 spiro atoms. The van der Waals surface area contributed by atoms with Crippen LogP contribution in [0, 0.1) is 5.92 Å². The number of aliphatic carboxylic acids is 1. The molecule has 1 aromatic carbocycles. The van der Waals surface area contributed by atoms with Gasteiger partial charge >= 0.3 is 5.97 Å². The number of amides is 1. The van der Waals surface area contributed by atoms with Crippen molar-refractivity contribution in [1.82, 2.24) is 5.32 Å². The van der Waals surface area contributed by atoms with Gasteiger partial charge in [0.1, 0.15) is 6.04 Å². The van der Waals surface area contributed by atoms with Gasteiger partial charge in [-0.1, -0.05) is 50.5 Å². The molecular weight excluding hydrogens is 366 g/mol. The normalized spacial score (nSPS) is 17.5. The van der Waals surface area contributed by atoms with Gasteiger partial charge in [-0.15, -0.1) is 0 Å². The van der Waals surface area contributed by atoms with Crippen LogP contribution in [0.2, 0.25) is 0 Å². The Kier molecular flexibility index (Phi) is 8.85. The zero-order valence-corrected chi connectivity index (χ0v) is 17.0. The van der Waals surface area contributed by atoms with Gasteiger partial charge in [0, 0.05) is 23.2 Å². The molecule has 1 aromatic rings. The van der Waals surface area contributed by atoms with Crippen molar-refractivity contribution in [3.63, 3.8) is 0 Å². The highest BCUT2D eigenvalue weighted by Crippen LogP contribution is 2.32. The number of carbonyl (C=O) groups is 2. The molecule has 1 aliphatic carbocycles. The van der Waals surface area contributed by atoms with Gasteiger partial charge in [-0.05, 0) is 29.9 Å². The number of nitrogens with one attached hydrogen (secondary N) is 1. The summed E-state index contributed by atoms with van der Waals surface area (Å²) in [4.78, 5) is 23.2. The van der Waals surface area contributed by atoms with Crippen molar-refractivity contribution in [3.05, 3.63) is 35.4 Å². The smallest absolute Gasteiger partial charge is 0.327 e. The van der Waals surface area contributed by atoms with Crippen LogP contribution in [-0.4, -0.2) is 34.5 Å². The maximum Gasteiger partial charge on any atom is 0.327 e. The Morgan fingerprint density at radius 2 is 1.88 bits per heavy atom. The second-order valence-corrected chi connectivity index (χ2v) is 8.47.